The van der Waals surface area contributed by atoms with Crippen LogP contribution in [-0.4, -0.2) is 39.7 Å². The average Bonchev–Trinajstić information content (AvgIpc) is 2.37. The van der Waals surface area contributed by atoms with E-state index in [0.717, 1.165) is 0 Å². The Balaban J connectivity index is 2.99. The van der Waals surface area contributed by atoms with Gasteiger partial charge >= 0.3 is 11.7 Å². The molecule has 8 nitrogen and oxygen atoms in total. The highest BCUT2D eigenvalue weighted by atomic mass is 19.1. The second-order valence-electron chi connectivity index (χ2n) is 3.61. The van der Waals surface area contributed by atoms with Gasteiger partial charge in [0.2, 0.25) is 5.82 Å². The SMILES string of the molecule is O=C(NCC(O)C(=O)O)c1cc(F)cc([N+](=O)[O-])c1F. The molecule has 0 saturated carbocycles. The average molecular weight is 290 g/mol. The number of aliphatic hydroxyl groups excluding tert-OH is 1. The number of hydrogen-bond acceptors (Lipinski definition) is 5. The van der Waals surface area contributed by atoms with Crippen LogP contribution in [0.25, 0.3) is 0 Å². The minimum Gasteiger partial charge on any atom is -0.479 e. The lowest BCUT2D eigenvalue weighted by molar-refractivity contribution is -0.387. The smallest absolute Gasteiger partial charge is 0.334 e. The molecule has 1 aromatic carbocycles. The molecule has 0 aromatic heterocycles. The van der Waals surface area contributed by atoms with Crippen LogP contribution in [0.1, 0.15) is 10.4 Å². The van der Waals surface area contributed by atoms with Gasteiger partial charge in [-0.05, 0) is 6.07 Å². The molecule has 0 bridgehead atoms. The van der Waals surface area contributed by atoms with Crippen LogP contribution in [0.2, 0.25) is 0 Å². The van der Waals surface area contributed by atoms with Crippen molar-refractivity contribution in [1.82, 2.24) is 5.32 Å². The maximum absolute atomic E-state index is 13.6. The second kappa shape index (κ2) is 6.02. The number of hydrogen-bond donors (Lipinski definition) is 3. The highest BCUT2D eigenvalue weighted by Gasteiger charge is 2.25. The summed E-state index contributed by atoms with van der Waals surface area (Å²) in [6.45, 7) is -0.766. The Morgan fingerprint density at radius 1 is 1.40 bits per heavy atom. The largest absolute Gasteiger partial charge is 0.479 e. The van der Waals surface area contributed by atoms with E-state index in [1.807, 2.05) is 5.32 Å². The first-order valence-electron chi connectivity index (χ1n) is 5.06. The number of carboxylic acid groups (broad SMARTS) is 1. The molecule has 1 rings (SSSR count). The summed E-state index contributed by atoms with van der Waals surface area (Å²) in [7, 11) is 0. The highest BCUT2D eigenvalue weighted by Crippen LogP contribution is 2.22. The molecule has 0 fully saturated rings. The Kier molecular flexibility index (Phi) is 4.64. The van der Waals surface area contributed by atoms with Crippen LogP contribution in [-0.2, 0) is 4.79 Å². The third kappa shape index (κ3) is 3.45. The zero-order valence-corrected chi connectivity index (χ0v) is 9.67. The first-order valence-corrected chi connectivity index (χ1v) is 5.06. The van der Waals surface area contributed by atoms with E-state index < -0.39 is 52.3 Å². The van der Waals surface area contributed by atoms with Crippen molar-refractivity contribution in [2.24, 2.45) is 0 Å². The number of benzene rings is 1. The van der Waals surface area contributed by atoms with Gasteiger partial charge in [-0.1, -0.05) is 0 Å². The van der Waals surface area contributed by atoms with Gasteiger partial charge < -0.3 is 15.5 Å². The van der Waals surface area contributed by atoms with Gasteiger partial charge in [0.15, 0.2) is 6.10 Å². The van der Waals surface area contributed by atoms with Gasteiger partial charge in [0.25, 0.3) is 5.91 Å². The molecule has 0 heterocycles. The lowest BCUT2D eigenvalue weighted by Gasteiger charge is -2.08. The number of nitrogens with zero attached hydrogens (tertiary/aromatic N) is 1. The van der Waals surface area contributed by atoms with E-state index in [-0.39, 0.29) is 0 Å². The number of amides is 1. The van der Waals surface area contributed by atoms with Crippen molar-refractivity contribution in [2.45, 2.75) is 6.10 Å². The fourth-order valence-electron chi connectivity index (χ4n) is 1.24. The number of carbonyl (C=O) groups is 2. The van der Waals surface area contributed by atoms with E-state index in [4.69, 9.17) is 10.2 Å². The summed E-state index contributed by atoms with van der Waals surface area (Å²) in [6.07, 6.45) is -1.94. The third-order valence-electron chi connectivity index (χ3n) is 2.20. The molecule has 0 spiro atoms. The molecule has 20 heavy (non-hydrogen) atoms. The summed E-state index contributed by atoms with van der Waals surface area (Å²) in [4.78, 5) is 31.0. The van der Waals surface area contributed by atoms with E-state index in [1.165, 1.54) is 0 Å². The standard InChI is InChI=1S/C10H8F2N2O6/c11-4-1-5(8(12)6(2-4)14(19)20)9(16)13-3-7(15)10(17)18/h1-2,7,15H,3H2,(H,13,16)(H,17,18). The van der Waals surface area contributed by atoms with Gasteiger partial charge in [-0.2, -0.15) is 4.39 Å². The van der Waals surface area contributed by atoms with Crippen LogP contribution in [0.15, 0.2) is 12.1 Å². The number of rotatable bonds is 5. The maximum atomic E-state index is 13.6. The van der Waals surface area contributed by atoms with E-state index in [9.17, 15) is 28.5 Å². The molecular weight excluding hydrogens is 282 g/mol. The molecule has 108 valence electrons. The van der Waals surface area contributed by atoms with Crippen molar-refractivity contribution in [3.05, 3.63) is 39.4 Å². The maximum Gasteiger partial charge on any atom is 0.334 e. The van der Waals surface area contributed by atoms with E-state index in [0.29, 0.717) is 12.1 Å². The minimum atomic E-state index is -1.94. The van der Waals surface area contributed by atoms with E-state index in [2.05, 4.69) is 0 Å². The predicted molar refractivity (Wildman–Crippen MR) is 59.0 cm³/mol. The number of nitrogens with one attached hydrogen (secondary N) is 1. The van der Waals surface area contributed by atoms with Crippen molar-refractivity contribution in [1.29, 1.82) is 0 Å². The van der Waals surface area contributed by atoms with Crippen molar-refractivity contribution in [3.63, 3.8) is 0 Å². The first kappa shape index (κ1) is 15.4. The molecular formula is C10H8F2N2O6. The van der Waals surface area contributed by atoms with Crippen LogP contribution in [0.5, 0.6) is 0 Å². The molecule has 0 aliphatic carbocycles. The Morgan fingerprint density at radius 3 is 2.50 bits per heavy atom. The molecule has 0 aliphatic heterocycles. The topological polar surface area (TPSA) is 130 Å². The second-order valence-corrected chi connectivity index (χ2v) is 3.61. The monoisotopic (exact) mass is 290 g/mol. The lowest BCUT2D eigenvalue weighted by atomic mass is 10.1. The number of nitro groups is 1. The molecule has 10 heteroatoms. The summed E-state index contributed by atoms with van der Waals surface area (Å²) in [5, 5.41) is 29.5. The van der Waals surface area contributed by atoms with Crippen molar-refractivity contribution in [2.75, 3.05) is 6.54 Å². The van der Waals surface area contributed by atoms with Crippen molar-refractivity contribution < 1.29 is 33.5 Å². The number of nitro benzene ring substituents is 1. The van der Waals surface area contributed by atoms with Crippen LogP contribution >= 0.6 is 0 Å². The van der Waals surface area contributed by atoms with Gasteiger partial charge in [0.1, 0.15) is 5.82 Å². The highest BCUT2D eigenvalue weighted by molar-refractivity contribution is 5.95. The number of halogens is 2. The molecule has 0 aliphatic rings. The zero-order valence-electron chi connectivity index (χ0n) is 9.67. The van der Waals surface area contributed by atoms with Gasteiger partial charge in [-0.3, -0.25) is 14.9 Å². The normalized spacial score (nSPS) is 11.8. The molecule has 0 radical (unpaired) electrons. The summed E-state index contributed by atoms with van der Waals surface area (Å²) in [5.74, 6) is -5.68. The van der Waals surface area contributed by atoms with Crippen LogP contribution in [0.4, 0.5) is 14.5 Å². The fraction of sp³-hybridized carbons (Fsp3) is 0.200. The Bertz CT molecular complexity index is 577. The summed E-state index contributed by atoms with van der Waals surface area (Å²) in [6, 6.07) is 0.725. The third-order valence-corrected chi connectivity index (χ3v) is 2.20. The van der Waals surface area contributed by atoms with Gasteiger partial charge in [0, 0.05) is 0 Å². The lowest BCUT2D eigenvalue weighted by Crippen LogP contribution is -2.36. The van der Waals surface area contributed by atoms with Crippen LogP contribution in [0, 0.1) is 21.7 Å². The van der Waals surface area contributed by atoms with Gasteiger partial charge in [0.05, 0.1) is 23.1 Å². The number of aliphatic carboxylic acids is 1. The predicted octanol–water partition coefficient (Wildman–Crippen LogP) is 0.0483. The quantitative estimate of drug-likeness (QED) is 0.519. The van der Waals surface area contributed by atoms with E-state index in [1.54, 1.807) is 0 Å². The summed E-state index contributed by atoms with van der Waals surface area (Å²) >= 11 is 0. The molecule has 1 amide bonds. The number of aliphatic hydroxyl groups is 1. The Morgan fingerprint density at radius 2 is 2.00 bits per heavy atom. The summed E-state index contributed by atoms with van der Waals surface area (Å²) in [5.41, 5.74) is -2.19. The first-order chi connectivity index (χ1) is 9.23. The number of carbonyl (C=O) groups excluding carboxylic acids is 1. The van der Waals surface area contributed by atoms with Crippen molar-refractivity contribution in [3.8, 4) is 0 Å². The van der Waals surface area contributed by atoms with Crippen molar-refractivity contribution >= 4 is 17.6 Å². The molecule has 1 aromatic rings. The molecule has 0 saturated heterocycles. The Hall–Kier alpha value is -2.62. The van der Waals surface area contributed by atoms with Crippen LogP contribution in [0.3, 0.4) is 0 Å². The number of carboxylic acids is 1. The van der Waals surface area contributed by atoms with Gasteiger partial charge in [-0.25, -0.2) is 9.18 Å². The zero-order chi connectivity index (χ0) is 15.4. The molecule has 1 unspecified atom stereocenters. The fourth-order valence-corrected chi connectivity index (χ4v) is 1.24. The minimum absolute atomic E-state index is 0.304. The van der Waals surface area contributed by atoms with Gasteiger partial charge in [-0.15, -0.1) is 0 Å². The van der Waals surface area contributed by atoms with Crippen LogP contribution < -0.4 is 5.32 Å². The molecule has 3 N–H and O–H groups in total. The Labute approximate surface area is 109 Å². The molecule has 1 atom stereocenters. The van der Waals surface area contributed by atoms with E-state index >= 15 is 0 Å². The summed E-state index contributed by atoms with van der Waals surface area (Å²) < 4.78 is 26.6.